The molecule has 2 aromatic heterocycles. The second-order valence-corrected chi connectivity index (χ2v) is 6.45. The van der Waals surface area contributed by atoms with Crippen LogP contribution in [0.5, 0.6) is 0 Å². The van der Waals surface area contributed by atoms with Gasteiger partial charge in [-0.2, -0.15) is 0 Å². The van der Waals surface area contributed by atoms with Crippen molar-refractivity contribution < 1.29 is 17.3 Å². The predicted octanol–water partition coefficient (Wildman–Crippen LogP) is 1.39. The zero-order valence-corrected chi connectivity index (χ0v) is 13.3. The van der Waals surface area contributed by atoms with Crippen LogP contribution >= 0.6 is 0 Å². The van der Waals surface area contributed by atoms with Gasteiger partial charge < -0.3 is 14.2 Å². The summed E-state index contributed by atoms with van der Waals surface area (Å²) in [7, 11) is -1.94. The third kappa shape index (κ3) is 3.34. The minimum Gasteiger partial charge on any atom is -0.465 e. The van der Waals surface area contributed by atoms with Crippen molar-refractivity contribution in [3.63, 3.8) is 0 Å². The molecule has 7 nitrogen and oxygen atoms in total. The molecule has 2 rings (SSSR count). The van der Waals surface area contributed by atoms with E-state index < -0.39 is 10.0 Å². The van der Waals surface area contributed by atoms with Gasteiger partial charge in [-0.3, -0.25) is 0 Å². The average Bonchev–Trinajstić information content (AvgIpc) is 2.92. The van der Waals surface area contributed by atoms with Crippen LogP contribution in [0.1, 0.15) is 28.7 Å². The van der Waals surface area contributed by atoms with Gasteiger partial charge in [0.15, 0.2) is 0 Å². The number of rotatable bonds is 6. The van der Waals surface area contributed by atoms with Crippen LogP contribution in [0.4, 0.5) is 0 Å². The van der Waals surface area contributed by atoms with E-state index in [-0.39, 0.29) is 11.4 Å². The summed E-state index contributed by atoms with van der Waals surface area (Å²) in [6.07, 6.45) is 1.54. The molecule has 0 aliphatic rings. The number of sulfonamides is 1. The molecule has 0 unspecified atom stereocenters. The van der Waals surface area contributed by atoms with Gasteiger partial charge in [0.25, 0.3) is 0 Å². The van der Waals surface area contributed by atoms with Gasteiger partial charge >= 0.3 is 0 Å². The molecule has 0 aliphatic carbocycles. The van der Waals surface area contributed by atoms with E-state index in [0.29, 0.717) is 35.3 Å². The summed E-state index contributed by atoms with van der Waals surface area (Å²) < 4.78 is 38.1. The Kier molecular flexibility index (Phi) is 4.50. The SMILES string of the molecule is CNCc1c(C)oc(C)c1S(=O)(=O)NCc1ncc(C)o1. The summed E-state index contributed by atoms with van der Waals surface area (Å²) in [5.74, 6) is 1.92. The van der Waals surface area contributed by atoms with Crippen molar-refractivity contribution in [2.45, 2.75) is 38.8 Å². The highest BCUT2D eigenvalue weighted by molar-refractivity contribution is 7.89. The van der Waals surface area contributed by atoms with Crippen molar-refractivity contribution in [1.29, 1.82) is 0 Å². The number of nitrogens with one attached hydrogen (secondary N) is 2. The fraction of sp³-hybridized carbons (Fsp3) is 0.462. The Balaban J connectivity index is 2.27. The Bertz CT molecular complexity index is 731. The van der Waals surface area contributed by atoms with Gasteiger partial charge in [-0.15, -0.1) is 0 Å². The summed E-state index contributed by atoms with van der Waals surface area (Å²) in [6.45, 7) is 5.54. The van der Waals surface area contributed by atoms with Crippen LogP contribution in [-0.4, -0.2) is 20.4 Å². The molecule has 0 amide bonds. The number of hydrogen-bond donors (Lipinski definition) is 2. The molecule has 0 fully saturated rings. The van der Waals surface area contributed by atoms with Gasteiger partial charge in [0.1, 0.15) is 22.2 Å². The van der Waals surface area contributed by atoms with Crippen molar-refractivity contribution in [2.24, 2.45) is 0 Å². The maximum Gasteiger partial charge on any atom is 0.244 e. The molecule has 0 atom stereocenters. The lowest BCUT2D eigenvalue weighted by Crippen LogP contribution is -2.25. The lowest BCUT2D eigenvalue weighted by atomic mass is 10.2. The van der Waals surface area contributed by atoms with E-state index in [1.165, 1.54) is 0 Å². The summed E-state index contributed by atoms with van der Waals surface area (Å²) in [5, 5.41) is 2.94. The molecule has 0 spiro atoms. The molecule has 0 saturated carbocycles. The molecule has 0 radical (unpaired) electrons. The smallest absolute Gasteiger partial charge is 0.244 e. The number of nitrogens with zero attached hydrogens (tertiary/aromatic N) is 1. The Morgan fingerprint density at radius 3 is 2.43 bits per heavy atom. The van der Waals surface area contributed by atoms with Crippen LogP contribution in [0.15, 0.2) is 19.9 Å². The fourth-order valence-corrected chi connectivity index (χ4v) is 3.57. The third-order valence-corrected chi connectivity index (χ3v) is 4.63. The summed E-state index contributed by atoms with van der Waals surface area (Å²) in [4.78, 5) is 4.15. The van der Waals surface area contributed by atoms with Crippen molar-refractivity contribution in [2.75, 3.05) is 7.05 Å². The molecule has 116 valence electrons. The molecule has 2 aromatic rings. The highest BCUT2D eigenvalue weighted by Gasteiger charge is 2.26. The molecule has 2 heterocycles. The normalized spacial score (nSPS) is 12.0. The van der Waals surface area contributed by atoms with Crippen LogP contribution in [0.3, 0.4) is 0 Å². The van der Waals surface area contributed by atoms with E-state index in [0.717, 1.165) is 0 Å². The first-order valence-corrected chi connectivity index (χ1v) is 7.98. The fourth-order valence-electron chi connectivity index (χ4n) is 2.15. The summed E-state index contributed by atoms with van der Waals surface area (Å²) in [5.41, 5.74) is 0.631. The van der Waals surface area contributed by atoms with Crippen molar-refractivity contribution in [3.05, 3.63) is 34.9 Å². The first-order chi connectivity index (χ1) is 9.85. The maximum atomic E-state index is 12.5. The van der Waals surface area contributed by atoms with Gasteiger partial charge in [0.2, 0.25) is 15.9 Å². The van der Waals surface area contributed by atoms with Crippen LogP contribution in [-0.2, 0) is 23.1 Å². The molecule has 0 aromatic carbocycles. The Labute approximate surface area is 123 Å². The lowest BCUT2D eigenvalue weighted by Gasteiger charge is -2.07. The van der Waals surface area contributed by atoms with Crippen LogP contribution in [0, 0.1) is 20.8 Å². The number of hydrogen-bond acceptors (Lipinski definition) is 6. The molecule has 0 aliphatic heterocycles. The van der Waals surface area contributed by atoms with Crippen molar-refractivity contribution >= 4 is 10.0 Å². The Morgan fingerprint density at radius 2 is 1.86 bits per heavy atom. The highest BCUT2D eigenvalue weighted by atomic mass is 32.2. The monoisotopic (exact) mass is 313 g/mol. The van der Waals surface area contributed by atoms with Gasteiger partial charge in [0.05, 0.1) is 12.7 Å². The van der Waals surface area contributed by atoms with E-state index in [2.05, 4.69) is 15.0 Å². The van der Waals surface area contributed by atoms with E-state index in [4.69, 9.17) is 8.83 Å². The second-order valence-electron chi connectivity index (χ2n) is 4.74. The topological polar surface area (TPSA) is 97.4 Å². The Morgan fingerprint density at radius 1 is 1.14 bits per heavy atom. The zero-order valence-electron chi connectivity index (χ0n) is 12.5. The number of aromatic nitrogens is 1. The van der Waals surface area contributed by atoms with E-state index in [1.807, 2.05) is 0 Å². The number of furan rings is 1. The van der Waals surface area contributed by atoms with Crippen molar-refractivity contribution in [1.82, 2.24) is 15.0 Å². The average molecular weight is 313 g/mol. The second kappa shape index (κ2) is 6.00. The van der Waals surface area contributed by atoms with Crippen LogP contribution < -0.4 is 10.0 Å². The molecule has 0 bridgehead atoms. The first-order valence-electron chi connectivity index (χ1n) is 6.49. The third-order valence-electron chi connectivity index (χ3n) is 3.03. The molecule has 0 saturated heterocycles. The molecular weight excluding hydrogens is 294 g/mol. The van der Waals surface area contributed by atoms with Crippen LogP contribution in [0.25, 0.3) is 0 Å². The first kappa shape index (κ1) is 15.7. The minimum absolute atomic E-state index is 0.00116. The predicted molar refractivity (Wildman–Crippen MR) is 76.2 cm³/mol. The molecule has 21 heavy (non-hydrogen) atoms. The van der Waals surface area contributed by atoms with E-state index >= 15 is 0 Å². The van der Waals surface area contributed by atoms with Crippen LogP contribution in [0.2, 0.25) is 0 Å². The standard InChI is InChI=1S/C13H19N3O4S/c1-8-5-15-12(19-8)7-16-21(17,18)13-10(3)20-9(2)11(13)6-14-4/h5,14,16H,6-7H2,1-4H3. The maximum absolute atomic E-state index is 12.5. The van der Waals surface area contributed by atoms with Gasteiger partial charge in [0, 0.05) is 12.1 Å². The molecule has 2 N–H and O–H groups in total. The summed E-state index contributed by atoms with van der Waals surface area (Å²) in [6, 6.07) is 0. The van der Waals surface area contributed by atoms with Gasteiger partial charge in [-0.25, -0.2) is 18.1 Å². The molecule has 8 heteroatoms. The quantitative estimate of drug-likeness (QED) is 0.836. The van der Waals surface area contributed by atoms with E-state index in [1.54, 1.807) is 34.0 Å². The zero-order chi connectivity index (χ0) is 15.6. The number of aryl methyl sites for hydroxylation is 3. The van der Waals surface area contributed by atoms with E-state index in [9.17, 15) is 8.42 Å². The summed E-state index contributed by atoms with van der Waals surface area (Å²) >= 11 is 0. The molecular formula is C13H19N3O4S. The van der Waals surface area contributed by atoms with Gasteiger partial charge in [-0.05, 0) is 27.8 Å². The largest absolute Gasteiger partial charge is 0.465 e. The Hall–Kier alpha value is -1.64. The van der Waals surface area contributed by atoms with Crippen molar-refractivity contribution in [3.8, 4) is 0 Å². The van der Waals surface area contributed by atoms with Gasteiger partial charge in [-0.1, -0.05) is 0 Å². The lowest BCUT2D eigenvalue weighted by molar-refractivity contribution is 0.462. The minimum atomic E-state index is -3.70. The highest BCUT2D eigenvalue weighted by Crippen LogP contribution is 2.26. The number of oxazole rings is 1.